The number of benzene rings is 1. The molecule has 2 atom stereocenters. The predicted molar refractivity (Wildman–Crippen MR) is 77.8 cm³/mol. The van der Waals surface area contributed by atoms with Crippen molar-refractivity contribution in [3.63, 3.8) is 0 Å². The first-order valence-corrected chi connectivity index (χ1v) is 7.63. The molecule has 1 aliphatic carbocycles. The lowest BCUT2D eigenvalue weighted by Crippen LogP contribution is -2.22. The normalized spacial score (nSPS) is 17.4. The van der Waals surface area contributed by atoms with Crippen LogP contribution in [0, 0.1) is 0 Å². The molecule has 4 nitrogen and oxygen atoms in total. The summed E-state index contributed by atoms with van der Waals surface area (Å²) in [5.74, 6) is 0.231. The van der Waals surface area contributed by atoms with Crippen LogP contribution in [0.4, 0.5) is 0 Å². The number of aryl methyl sites for hydroxylation is 1. The van der Waals surface area contributed by atoms with E-state index in [0.717, 1.165) is 30.2 Å². The van der Waals surface area contributed by atoms with Gasteiger partial charge in [0.05, 0.1) is 6.10 Å². The van der Waals surface area contributed by atoms with Gasteiger partial charge in [-0.15, -0.1) is 0 Å². The quantitative estimate of drug-likeness (QED) is 0.887. The molecule has 0 spiro atoms. The van der Waals surface area contributed by atoms with Crippen LogP contribution in [0.5, 0.6) is 0 Å². The van der Waals surface area contributed by atoms with Crippen LogP contribution in [0.15, 0.2) is 18.2 Å². The number of hydrogen-bond acceptors (Lipinski definition) is 5. The number of ketones is 1. The molecule has 0 aromatic heterocycles. The monoisotopic (exact) mass is 294 g/mol. The van der Waals surface area contributed by atoms with Crippen molar-refractivity contribution in [2.75, 3.05) is 5.75 Å². The molecule has 108 valence electrons. The van der Waals surface area contributed by atoms with Gasteiger partial charge in [0.2, 0.25) is 0 Å². The van der Waals surface area contributed by atoms with Crippen LogP contribution in [-0.2, 0) is 11.2 Å². The van der Waals surface area contributed by atoms with Gasteiger partial charge in [0.15, 0.2) is 10.9 Å². The number of carbonyl (C=O) groups excluding carboxylic acids is 2. The fourth-order valence-electron chi connectivity index (χ4n) is 2.35. The Hall–Kier alpha value is -1.17. The van der Waals surface area contributed by atoms with E-state index < -0.39 is 12.2 Å². The first-order chi connectivity index (χ1) is 9.49. The van der Waals surface area contributed by atoms with E-state index in [1.807, 2.05) is 6.07 Å². The minimum absolute atomic E-state index is 0.0906. The highest BCUT2D eigenvalue weighted by molar-refractivity contribution is 8.13. The summed E-state index contributed by atoms with van der Waals surface area (Å²) < 4.78 is 0. The number of rotatable bonds is 4. The number of carbonyl (C=O) groups is 2. The van der Waals surface area contributed by atoms with Crippen LogP contribution in [0.2, 0.25) is 0 Å². The summed E-state index contributed by atoms with van der Waals surface area (Å²) in [6, 6.07) is 5.25. The van der Waals surface area contributed by atoms with Gasteiger partial charge in [0.1, 0.15) is 6.10 Å². The number of aliphatic hydroxyl groups is 2. The topological polar surface area (TPSA) is 74.6 Å². The van der Waals surface area contributed by atoms with Crippen molar-refractivity contribution in [3.05, 3.63) is 34.9 Å². The van der Waals surface area contributed by atoms with E-state index in [1.54, 1.807) is 12.1 Å². The summed E-state index contributed by atoms with van der Waals surface area (Å²) in [5, 5.41) is 19.9. The Bertz CT molecular complexity index is 527. The molecule has 0 saturated carbocycles. The standard InChI is InChI=1S/C15H18O4S/c1-9(16)20-8-14(18)15(19)11-6-5-10-3-2-4-13(17)12(10)7-11/h5-7,14-15,18-19H,2-4,8H2,1H3. The summed E-state index contributed by atoms with van der Waals surface area (Å²) in [6.07, 6.45) is 0.170. The molecule has 2 rings (SSSR count). The molecule has 1 aliphatic rings. The molecule has 1 aromatic rings. The van der Waals surface area contributed by atoms with Crippen molar-refractivity contribution in [3.8, 4) is 0 Å². The fraction of sp³-hybridized carbons (Fsp3) is 0.467. The maximum atomic E-state index is 11.9. The molecular formula is C15H18O4S. The van der Waals surface area contributed by atoms with Crippen molar-refractivity contribution in [1.82, 2.24) is 0 Å². The lowest BCUT2D eigenvalue weighted by Gasteiger charge is -2.20. The second-order valence-corrected chi connectivity index (χ2v) is 6.21. The third-order valence-electron chi connectivity index (χ3n) is 3.45. The van der Waals surface area contributed by atoms with Gasteiger partial charge in [-0.25, -0.2) is 0 Å². The van der Waals surface area contributed by atoms with E-state index >= 15 is 0 Å². The Kier molecular flexibility index (Phi) is 4.96. The molecule has 0 fully saturated rings. The van der Waals surface area contributed by atoms with Crippen LogP contribution < -0.4 is 0 Å². The fourth-order valence-corrected chi connectivity index (χ4v) is 2.93. The first kappa shape index (κ1) is 15.2. The molecule has 0 bridgehead atoms. The molecule has 0 aliphatic heterocycles. The van der Waals surface area contributed by atoms with Gasteiger partial charge in [-0.1, -0.05) is 23.9 Å². The third kappa shape index (κ3) is 3.48. The van der Waals surface area contributed by atoms with Gasteiger partial charge in [0.25, 0.3) is 0 Å². The molecule has 5 heteroatoms. The molecule has 0 radical (unpaired) electrons. The summed E-state index contributed by atoms with van der Waals surface area (Å²) in [6.45, 7) is 1.42. The van der Waals surface area contributed by atoms with E-state index in [1.165, 1.54) is 6.92 Å². The van der Waals surface area contributed by atoms with Crippen molar-refractivity contribution >= 4 is 22.7 Å². The SMILES string of the molecule is CC(=O)SCC(O)C(O)c1ccc2c(c1)C(=O)CCC2. The van der Waals surface area contributed by atoms with Gasteiger partial charge in [0, 0.05) is 24.7 Å². The van der Waals surface area contributed by atoms with Crippen molar-refractivity contribution < 1.29 is 19.8 Å². The lowest BCUT2D eigenvalue weighted by atomic mass is 9.88. The van der Waals surface area contributed by atoms with E-state index in [9.17, 15) is 19.8 Å². The van der Waals surface area contributed by atoms with E-state index in [-0.39, 0.29) is 16.7 Å². The van der Waals surface area contributed by atoms with E-state index in [0.29, 0.717) is 17.5 Å². The number of aliphatic hydroxyl groups excluding tert-OH is 2. The van der Waals surface area contributed by atoms with Gasteiger partial charge in [-0.2, -0.15) is 0 Å². The zero-order valence-corrected chi connectivity index (χ0v) is 12.2. The molecule has 2 N–H and O–H groups in total. The zero-order chi connectivity index (χ0) is 14.7. The van der Waals surface area contributed by atoms with Crippen LogP contribution >= 0.6 is 11.8 Å². The number of thioether (sulfide) groups is 1. The summed E-state index contributed by atoms with van der Waals surface area (Å²) in [4.78, 5) is 22.7. The maximum Gasteiger partial charge on any atom is 0.185 e. The Morgan fingerprint density at radius 3 is 2.80 bits per heavy atom. The molecule has 1 aromatic carbocycles. The maximum absolute atomic E-state index is 11.9. The third-order valence-corrected chi connectivity index (χ3v) is 4.36. The summed E-state index contributed by atoms with van der Waals surface area (Å²) in [7, 11) is 0. The minimum Gasteiger partial charge on any atom is -0.389 e. The highest BCUT2D eigenvalue weighted by Gasteiger charge is 2.23. The Morgan fingerprint density at radius 2 is 2.10 bits per heavy atom. The van der Waals surface area contributed by atoms with Gasteiger partial charge in [-0.05, 0) is 30.0 Å². The molecule has 0 saturated heterocycles. The van der Waals surface area contributed by atoms with Gasteiger partial charge >= 0.3 is 0 Å². The molecule has 2 unspecified atom stereocenters. The Balaban J connectivity index is 2.14. The van der Waals surface area contributed by atoms with Crippen LogP contribution in [0.3, 0.4) is 0 Å². The smallest absolute Gasteiger partial charge is 0.185 e. The summed E-state index contributed by atoms with van der Waals surface area (Å²) in [5.41, 5.74) is 2.18. The molecule has 0 heterocycles. The van der Waals surface area contributed by atoms with Gasteiger partial charge in [-0.3, -0.25) is 9.59 Å². The van der Waals surface area contributed by atoms with E-state index in [4.69, 9.17) is 0 Å². The van der Waals surface area contributed by atoms with Crippen molar-refractivity contribution in [1.29, 1.82) is 0 Å². The van der Waals surface area contributed by atoms with Crippen molar-refractivity contribution in [2.24, 2.45) is 0 Å². The van der Waals surface area contributed by atoms with E-state index in [2.05, 4.69) is 0 Å². The number of hydrogen-bond donors (Lipinski definition) is 2. The van der Waals surface area contributed by atoms with Crippen molar-refractivity contribution in [2.45, 2.75) is 38.4 Å². The predicted octanol–water partition coefficient (Wildman–Crippen LogP) is 1.88. The molecule has 0 amide bonds. The first-order valence-electron chi connectivity index (χ1n) is 6.64. The lowest BCUT2D eigenvalue weighted by molar-refractivity contribution is -0.109. The average Bonchev–Trinajstić information content (AvgIpc) is 2.44. The largest absolute Gasteiger partial charge is 0.389 e. The van der Waals surface area contributed by atoms with Crippen LogP contribution in [0.25, 0.3) is 0 Å². The zero-order valence-electron chi connectivity index (χ0n) is 11.3. The second kappa shape index (κ2) is 6.52. The Morgan fingerprint density at radius 1 is 1.35 bits per heavy atom. The highest BCUT2D eigenvalue weighted by atomic mass is 32.2. The minimum atomic E-state index is -1.08. The van der Waals surface area contributed by atoms with Crippen LogP contribution in [-0.4, -0.2) is 33.0 Å². The highest BCUT2D eigenvalue weighted by Crippen LogP contribution is 2.27. The van der Waals surface area contributed by atoms with Gasteiger partial charge < -0.3 is 10.2 Å². The second-order valence-electron chi connectivity index (χ2n) is 5.01. The molecular weight excluding hydrogens is 276 g/mol. The average molecular weight is 294 g/mol. The number of fused-ring (bicyclic) bond motifs is 1. The molecule has 20 heavy (non-hydrogen) atoms. The van der Waals surface area contributed by atoms with Crippen LogP contribution in [0.1, 0.15) is 47.4 Å². The summed E-state index contributed by atoms with van der Waals surface area (Å²) >= 11 is 0.976. The Labute approximate surface area is 122 Å². The number of Topliss-reactive ketones (excluding diaryl/α,β-unsaturated/α-hetero) is 1.